The third-order valence-corrected chi connectivity index (χ3v) is 15.8. The van der Waals surface area contributed by atoms with E-state index in [1.54, 1.807) is 0 Å². The van der Waals surface area contributed by atoms with E-state index >= 15 is 0 Å². The number of amides is 1. The zero-order chi connectivity index (χ0) is 55.0. The van der Waals surface area contributed by atoms with Crippen molar-refractivity contribution in [2.45, 2.75) is 341 Å². The van der Waals surface area contributed by atoms with E-state index in [0.29, 0.717) is 17.4 Å². The summed E-state index contributed by atoms with van der Waals surface area (Å²) in [6, 6.07) is -0.881. The van der Waals surface area contributed by atoms with Gasteiger partial charge >= 0.3 is 5.97 Å². The highest BCUT2D eigenvalue weighted by atomic mass is 31.2. The molecule has 0 aliphatic rings. The summed E-state index contributed by atoms with van der Waals surface area (Å²) in [5.74, 6) is -0.524. The smallest absolute Gasteiger partial charge is 0.306 e. The first-order chi connectivity index (χ1) is 36.4. The summed E-state index contributed by atoms with van der Waals surface area (Å²) in [5, 5.41) is 3.04. The van der Waals surface area contributed by atoms with Crippen LogP contribution in [-0.4, -0.2) is 69.4 Å². The van der Waals surface area contributed by atoms with Crippen LogP contribution in [0.1, 0.15) is 329 Å². The Morgan fingerprint density at radius 2 is 0.773 bits per heavy atom. The van der Waals surface area contributed by atoms with Gasteiger partial charge in [0.05, 0.1) is 33.8 Å². The van der Waals surface area contributed by atoms with Crippen molar-refractivity contribution in [2.24, 2.45) is 0 Å². The lowest BCUT2D eigenvalue weighted by Gasteiger charge is -2.30. The molecule has 0 saturated carbocycles. The Balaban J connectivity index is 5.02. The molecule has 0 aromatic rings. The van der Waals surface area contributed by atoms with Gasteiger partial charge < -0.3 is 28.5 Å². The van der Waals surface area contributed by atoms with E-state index in [0.717, 1.165) is 57.8 Å². The maximum absolute atomic E-state index is 13.5. The quantitative estimate of drug-likeness (QED) is 0.0212. The Morgan fingerprint density at radius 3 is 1.13 bits per heavy atom. The van der Waals surface area contributed by atoms with E-state index in [1.165, 1.54) is 238 Å². The largest absolute Gasteiger partial charge is 0.756 e. The van der Waals surface area contributed by atoms with Gasteiger partial charge in [-0.05, 0) is 57.4 Å². The van der Waals surface area contributed by atoms with Gasteiger partial charge in [0.2, 0.25) is 5.91 Å². The van der Waals surface area contributed by atoms with Gasteiger partial charge in [-0.2, -0.15) is 0 Å². The summed E-state index contributed by atoms with van der Waals surface area (Å²) < 4.78 is 30.3. The first-order valence-electron chi connectivity index (χ1n) is 32.6. The van der Waals surface area contributed by atoms with Crippen LogP contribution in [0.15, 0.2) is 24.3 Å². The number of carbonyl (C=O) groups excluding carboxylic acids is 2. The molecule has 0 rings (SSSR count). The fourth-order valence-corrected chi connectivity index (χ4v) is 10.5. The lowest BCUT2D eigenvalue weighted by atomic mass is 10.0. The minimum absolute atomic E-state index is 0.0182. The molecule has 0 fully saturated rings. The molecule has 1 amide bonds. The van der Waals surface area contributed by atoms with E-state index in [9.17, 15) is 19.0 Å². The van der Waals surface area contributed by atoms with Gasteiger partial charge in [0.25, 0.3) is 7.82 Å². The second kappa shape index (κ2) is 55.8. The van der Waals surface area contributed by atoms with Crippen molar-refractivity contribution in [3.05, 3.63) is 24.3 Å². The minimum Gasteiger partial charge on any atom is -0.756 e. The van der Waals surface area contributed by atoms with E-state index in [4.69, 9.17) is 13.8 Å². The van der Waals surface area contributed by atoms with Crippen molar-refractivity contribution in [3.8, 4) is 0 Å². The lowest BCUT2D eigenvalue weighted by Crippen LogP contribution is -2.47. The molecule has 1 N–H and O–H groups in total. The maximum atomic E-state index is 13.5. The number of esters is 1. The zero-order valence-electron chi connectivity index (χ0n) is 50.8. The molecular formula is C65H127N2O7P. The van der Waals surface area contributed by atoms with Crippen LogP contribution < -0.4 is 10.2 Å². The van der Waals surface area contributed by atoms with Gasteiger partial charge in [0.15, 0.2) is 0 Å². The molecule has 0 saturated heterocycles. The highest BCUT2D eigenvalue weighted by Crippen LogP contribution is 2.38. The first kappa shape index (κ1) is 73.5. The molecule has 3 unspecified atom stereocenters. The average Bonchev–Trinajstić information content (AvgIpc) is 3.37. The van der Waals surface area contributed by atoms with Crippen LogP contribution in [0.5, 0.6) is 0 Å². The standard InChI is InChI=1S/C65H127N2O7P/c1-7-10-13-16-19-22-25-27-28-29-30-31-32-33-34-35-36-37-38-40-43-45-48-51-54-57-64(68)66-62(61-73-75(70,71)72-60-59-67(4,5)6)63(56-53-50-47-44-42-39-26-23-20-17-14-11-8-2)74-65(69)58-55-52-49-46-41-24-21-18-15-12-9-3/h27-28,53,56,62-63H,7-26,29-52,54-55,57-61H2,1-6H3,(H-,66,68,70,71)/b28-27+,56-53+. The van der Waals surface area contributed by atoms with Crippen molar-refractivity contribution < 1.29 is 37.3 Å². The number of hydrogen-bond acceptors (Lipinski definition) is 7. The summed E-state index contributed by atoms with van der Waals surface area (Å²) in [7, 11) is 1.20. The number of quaternary nitrogens is 1. The van der Waals surface area contributed by atoms with Crippen LogP contribution in [-0.2, 0) is 27.9 Å². The second-order valence-corrected chi connectivity index (χ2v) is 25.0. The molecular weight excluding hydrogens is 952 g/mol. The highest BCUT2D eigenvalue weighted by Gasteiger charge is 2.27. The molecule has 0 aromatic carbocycles. The number of hydrogen-bond donors (Lipinski definition) is 1. The molecule has 0 bridgehead atoms. The lowest BCUT2D eigenvalue weighted by molar-refractivity contribution is -0.870. The fourth-order valence-electron chi connectivity index (χ4n) is 9.81. The number of allylic oxidation sites excluding steroid dienone is 3. The predicted octanol–water partition coefficient (Wildman–Crippen LogP) is 19.5. The van der Waals surface area contributed by atoms with Crippen LogP contribution in [0, 0.1) is 0 Å². The van der Waals surface area contributed by atoms with Crippen molar-refractivity contribution in [3.63, 3.8) is 0 Å². The third kappa shape index (κ3) is 57.0. The Morgan fingerprint density at radius 1 is 0.453 bits per heavy atom. The second-order valence-electron chi connectivity index (χ2n) is 23.6. The molecule has 444 valence electrons. The molecule has 3 atom stereocenters. The Hall–Kier alpha value is -1.51. The summed E-state index contributed by atoms with van der Waals surface area (Å²) in [4.78, 5) is 40.0. The zero-order valence-corrected chi connectivity index (χ0v) is 51.7. The number of phosphoric acid groups is 1. The molecule has 0 spiro atoms. The number of rotatable bonds is 60. The van der Waals surface area contributed by atoms with Gasteiger partial charge in [-0.25, -0.2) is 0 Å². The van der Waals surface area contributed by atoms with Gasteiger partial charge in [0, 0.05) is 12.8 Å². The normalized spacial score (nSPS) is 13.7. The summed E-state index contributed by atoms with van der Waals surface area (Å²) in [6.45, 7) is 6.88. The van der Waals surface area contributed by atoms with Gasteiger partial charge in [-0.3, -0.25) is 14.2 Å². The topological polar surface area (TPSA) is 114 Å². The number of likely N-dealkylation sites (N-methyl/N-ethyl adjacent to an activating group) is 1. The fraction of sp³-hybridized carbons (Fsp3) is 0.908. The van der Waals surface area contributed by atoms with Crippen molar-refractivity contribution in [2.75, 3.05) is 40.9 Å². The summed E-state index contributed by atoms with van der Waals surface area (Å²) in [5.41, 5.74) is 0. The number of nitrogens with one attached hydrogen (secondary N) is 1. The van der Waals surface area contributed by atoms with Crippen LogP contribution in [0.3, 0.4) is 0 Å². The van der Waals surface area contributed by atoms with E-state index in [-0.39, 0.29) is 31.5 Å². The number of phosphoric ester groups is 1. The van der Waals surface area contributed by atoms with Crippen molar-refractivity contribution >= 4 is 19.7 Å². The molecule has 0 aliphatic carbocycles. The Bertz CT molecular complexity index is 1340. The van der Waals surface area contributed by atoms with E-state index in [2.05, 4.69) is 38.2 Å². The van der Waals surface area contributed by atoms with Gasteiger partial charge in [-0.1, -0.05) is 283 Å². The molecule has 0 aromatic heterocycles. The van der Waals surface area contributed by atoms with E-state index < -0.39 is 20.0 Å². The summed E-state index contributed by atoms with van der Waals surface area (Å²) in [6.07, 6.45) is 65.8. The van der Waals surface area contributed by atoms with E-state index in [1.807, 2.05) is 33.3 Å². The Labute approximate surface area is 466 Å². The van der Waals surface area contributed by atoms with Crippen LogP contribution >= 0.6 is 7.82 Å². The van der Waals surface area contributed by atoms with Crippen molar-refractivity contribution in [1.82, 2.24) is 5.32 Å². The number of ether oxygens (including phenoxy) is 1. The molecule has 0 heterocycles. The maximum Gasteiger partial charge on any atom is 0.306 e. The van der Waals surface area contributed by atoms with Crippen molar-refractivity contribution in [1.29, 1.82) is 0 Å². The highest BCUT2D eigenvalue weighted by molar-refractivity contribution is 7.45. The first-order valence-corrected chi connectivity index (χ1v) is 34.1. The number of nitrogens with zero attached hydrogens (tertiary/aromatic N) is 1. The average molecular weight is 1080 g/mol. The van der Waals surface area contributed by atoms with Crippen LogP contribution in [0.2, 0.25) is 0 Å². The third-order valence-electron chi connectivity index (χ3n) is 14.9. The minimum atomic E-state index is -4.69. The van der Waals surface area contributed by atoms with Gasteiger partial charge in [-0.15, -0.1) is 0 Å². The molecule has 0 radical (unpaired) electrons. The Kier molecular flexibility index (Phi) is 54.7. The summed E-state index contributed by atoms with van der Waals surface area (Å²) >= 11 is 0. The molecule has 10 heteroatoms. The molecule has 75 heavy (non-hydrogen) atoms. The monoisotopic (exact) mass is 1080 g/mol. The SMILES string of the molecule is CCCCCCCC/C=C/CCCCCCCCCCCCCCCCCC(=O)NC(COP(=O)([O-])OCC[N+](C)(C)C)C(/C=C/CCCCCCCCCCCCC)OC(=O)CCCCCCCCCCCCC. The van der Waals surface area contributed by atoms with Crippen LogP contribution in [0.25, 0.3) is 0 Å². The van der Waals surface area contributed by atoms with Crippen LogP contribution in [0.4, 0.5) is 0 Å². The predicted molar refractivity (Wildman–Crippen MR) is 321 cm³/mol. The molecule has 9 nitrogen and oxygen atoms in total. The number of unbranched alkanes of at least 4 members (excludes halogenated alkanes) is 42. The number of carbonyl (C=O) groups is 2. The van der Waals surface area contributed by atoms with Gasteiger partial charge in [0.1, 0.15) is 19.3 Å². The molecule has 0 aliphatic heterocycles.